The van der Waals surface area contributed by atoms with Crippen molar-refractivity contribution in [1.29, 1.82) is 0 Å². The minimum absolute atomic E-state index is 0.335. The fourth-order valence-electron chi connectivity index (χ4n) is 3.52. The molecule has 0 aliphatic heterocycles. The van der Waals surface area contributed by atoms with Gasteiger partial charge in [0.05, 0.1) is 12.1 Å². The number of nitrogens with two attached hydrogens (primary N) is 1. The molecule has 4 heteroatoms. The lowest BCUT2D eigenvalue weighted by Gasteiger charge is -2.34. The molecule has 1 saturated carbocycles. The second-order valence-corrected chi connectivity index (χ2v) is 6.48. The zero-order chi connectivity index (χ0) is 14.9. The maximum absolute atomic E-state index is 6.19. The lowest BCUT2D eigenvalue weighted by molar-refractivity contribution is 0.186. The maximum atomic E-state index is 6.19. The SMILES string of the molecule is CCOc1cccc2c1nc(N)n2CC1(C)CCCCC1. The Morgan fingerprint density at radius 3 is 2.76 bits per heavy atom. The summed E-state index contributed by atoms with van der Waals surface area (Å²) in [7, 11) is 0. The van der Waals surface area contributed by atoms with Crippen molar-refractivity contribution in [3.8, 4) is 5.75 Å². The number of rotatable bonds is 4. The van der Waals surface area contributed by atoms with Crippen LogP contribution in [0.3, 0.4) is 0 Å². The number of aromatic nitrogens is 2. The molecule has 1 heterocycles. The number of anilines is 1. The van der Waals surface area contributed by atoms with Gasteiger partial charge in [-0.3, -0.25) is 0 Å². The van der Waals surface area contributed by atoms with Gasteiger partial charge in [-0.05, 0) is 37.3 Å². The van der Waals surface area contributed by atoms with E-state index in [4.69, 9.17) is 10.5 Å². The number of hydrogen-bond donors (Lipinski definition) is 1. The number of nitrogens with zero attached hydrogens (tertiary/aromatic N) is 2. The molecule has 114 valence electrons. The molecule has 0 spiro atoms. The van der Waals surface area contributed by atoms with E-state index in [9.17, 15) is 0 Å². The first-order valence-electron chi connectivity index (χ1n) is 8.00. The van der Waals surface area contributed by atoms with Crippen LogP contribution in [0.5, 0.6) is 5.75 Å². The van der Waals surface area contributed by atoms with Crippen molar-refractivity contribution >= 4 is 17.0 Å². The molecule has 0 radical (unpaired) electrons. The van der Waals surface area contributed by atoms with Gasteiger partial charge >= 0.3 is 0 Å². The van der Waals surface area contributed by atoms with E-state index in [0.717, 1.165) is 23.3 Å². The molecular formula is C17H25N3O. The molecule has 4 nitrogen and oxygen atoms in total. The predicted molar refractivity (Wildman–Crippen MR) is 86.5 cm³/mol. The first-order chi connectivity index (χ1) is 10.1. The van der Waals surface area contributed by atoms with E-state index in [1.54, 1.807) is 0 Å². The third-order valence-corrected chi connectivity index (χ3v) is 4.67. The second kappa shape index (κ2) is 5.58. The standard InChI is InChI=1S/C17H25N3O/c1-3-21-14-9-7-8-13-15(14)19-16(18)20(13)12-17(2)10-5-4-6-11-17/h7-9H,3-6,10-12H2,1-2H3,(H2,18,19). The van der Waals surface area contributed by atoms with E-state index < -0.39 is 0 Å². The first kappa shape index (κ1) is 14.2. The molecule has 1 fully saturated rings. The summed E-state index contributed by atoms with van der Waals surface area (Å²) in [5, 5.41) is 0. The van der Waals surface area contributed by atoms with E-state index in [-0.39, 0.29) is 0 Å². The first-order valence-corrected chi connectivity index (χ1v) is 8.00. The van der Waals surface area contributed by atoms with E-state index in [2.05, 4.69) is 22.5 Å². The van der Waals surface area contributed by atoms with E-state index in [1.165, 1.54) is 32.1 Å². The van der Waals surface area contributed by atoms with Crippen molar-refractivity contribution < 1.29 is 4.74 Å². The molecule has 0 saturated heterocycles. The number of nitrogen functional groups attached to an aromatic ring is 1. The molecule has 0 unspecified atom stereocenters. The highest BCUT2D eigenvalue weighted by molar-refractivity contribution is 5.84. The van der Waals surface area contributed by atoms with Crippen molar-refractivity contribution in [2.45, 2.75) is 52.5 Å². The fraction of sp³-hybridized carbons (Fsp3) is 0.588. The molecule has 0 bridgehead atoms. The molecule has 0 amide bonds. The minimum Gasteiger partial charge on any atom is -0.492 e. The lowest BCUT2D eigenvalue weighted by atomic mass is 9.75. The van der Waals surface area contributed by atoms with Crippen LogP contribution in [0.1, 0.15) is 46.0 Å². The zero-order valence-corrected chi connectivity index (χ0v) is 13.1. The Kier molecular flexibility index (Phi) is 3.79. The van der Waals surface area contributed by atoms with Crippen LogP contribution >= 0.6 is 0 Å². The molecule has 0 atom stereocenters. The molecular weight excluding hydrogens is 262 g/mol. The van der Waals surface area contributed by atoms with Crippen LogP contribution in [-0.2, 0) is 6.54 Å². The van der Waals surface area contributed by atoms with Crippen LogP contribution in [0, 0.1) is 5.41 Å². The van der Waals surface area contributed by atoms with E-state index in [0.29, 0.717) is 18.0 Å². The highest BCUT2D eigenvalue weighted by Gasteiger charge is 2.28. The Hall–Kier alpha value is -1.71. The number of hydrogen-bond acceptors (Lipinski definition) is 3. The number of para-hydroxylation sites is 1. The van der Waals surface area contributed by atoms with Gasteiger partial charge in [-0.1, -0.05) is 32.3 Å². The molecule has 2 N–H and O–H groups in total. The summed E-state index contributed by atoms with van der Waals surface area (Å²) in [5.41, 5.74) is 8.50. The number of ether oxygens (including phenoxy) is 1. The average molecular weight is 287 g/mol. The van der Waals surface area contributed by atoms with E-state index in [1.807, 2.05) is 19.1 Å². The number of fused-ring (bicyclic) bond motifs is 1. The molecule has 2 aromatic rings. The van der Waals surface area contributed by atoms with Crippen LogP contribution < -0.4 is 10.5 Å². The summed E-state index contributed by atoms with van der Waals surface area (Å²) in [6.45, 7) is 5.96. The summed E-state index contributed by atoms with van der Waals surface area (Å²) >= 11 is 0. The zero-order valence-electron chi connectivity index (χ0n) is 13.1. The van der Waals surface area contributed by atoms with E-state index >= 15 is 0 Å². The predicted octanol–water partition coefficient (Wildman–Crippen LogP) is 3.99. The second-order valence-electron chi connectivity index (χ2n) is 6.48. The lowest BCUT2D eigenvalue weighted by Crippen LogP contribution is -2.26. The molecule has 1 aromatic heterocycles. The highest BCUT2D eigenvalue weighted by atomic mass is 16.5. The normalized spacial score (nSPS) is 18.0. The summed E-state index contributed by atoms with van der Waals surface area (Å²) in [5.74, 6) is 1.43. The average Bonchev–Trinajstić information content (AvgIpc) is 2.77. The van der Waals surface area contributed by atoms with Gasteiger partial charge in [-0.2, -0.15) is 0 Å². The third kappa shape index (κ3) is 2.71. The Balaban J connectivity index is 1.98. The monoisotopic (exact) mass is 287 g/mol. The highest BCUT2D eigenvalue weighted by Crippen LogP contribution is 2.39. The summed E-state index contributed by atoms with van der Waals surface area (Å²) in [6.07, 6.45) is 6.57. The topological polar surface area (TPSA) is 53.1 Å². The Bertz CT molecular complexity index is 626. The smallest absolute Gasteiger partial charge is 0.201 e. The summed E-state index contributed by atoms with van der Waals surface area (Å²) in [6, 6.07) is 6.08. The van der Waals surface area contributed by atoms with Crippen molar-refractivity contribution in [2.24, 2.45) is 5.41 Å². The van der Waals surface area contributed by atoms with Gasteiger partial charge in [0.15, 0.2) is 0 Å². The van der Waals surface area contributed by atoms with Gasteiger partial charge in [-0.15, -0.1) is 0 Å². The van der Waals surface area contributed by atoms with Crippen LogP contribution in [0.4, 0.5) is 5.95 Å². The third-order valence-electron chi connectivity index (χ3n) is 4.67. The van der Waals surface area contributed by atoms with Gasteiger partial charge in [-0.25, -0.2) is 4.98 Å². The number of imidazole rings is 1. The van der Waals surface area contributed by atoms with Crippen LogP contribution in [0.25, 0.3) is 11.0 Å². The van der Waals surface area contributed by atoms with Crippen LogP contribution in [0.15, 0.2) is 18.2 Å². The summed E-state index contributed by atoms with van der Waals surface area (Å²) in [4.78, 5) is 4.54. The Labute approximate surface area is 126 Å². The molecule has 1 aliphatic rings. The van der Waals surface area contributed by atoms with Gasteiger partial charge < -0.3 is 15.0 Å². The van der Waals surface area contributed by atoms with Gasteiger partial charge in [0.1, 0.15) is 11.3 Å². The Morgan fingerprint density at radius 1 is 1.29 bits per heavy atom. The van der Waals surface area contributed by atoms with Crippen LogP contribution in [0.2, 0.25) is 0 Å². The van der Waals surface area contributed by atoms with Gasteiger partial charge in [0.25, 0.3) is 0 Å². The molecule has 21 heavy (non-hydrogen) atoms. The Morgan fingerprint density at radius 2 is 2.05 bits per heavy atom. The molecule has 1 aliphatic carbocycles. The summed E-state index contributed by atoms with van der Waals surface area (Å²) < 4.78 is 7.84. The quantitative estimate of drug-likeness (QED) is 0.925. The van der Waals surface area contributed by atoms with Crippen molar-refractivity contribution in [3.05, 3.63) is 18.2 Å². The van der Waals surface area contributed by atoms with Crippen molar-refractivity contribution in [3.63, 3.8) is 0 Å². The minimum atomic E-state index is 0.335. The maximum Gasteiger partial charge on any atom is 0.201 e. The fourth-order valence-corrected chi connectivity index (χ4v) is 3.52. The number of benzene rings is 1. The van der Waals surface area contributed by atoms with Crippen molar-refractivity contribution in [1.82, 2.24) is 9.55 Å². The van der Waals surface area contributed by atoms with Gasteiger partial charge in [0.2, 0.25) is 5.95 Å². The van der Waals surface area contributed by atoms with Crippen LogP contribution in [-0.4, -0.2) is 16.2 Å². The molecule has 3 rings (SSSR count). The molecule has 1 aromatic carbocycles. The van der Waals surface area contributed by atoms with Crippen molar-refractivity contribution in [2.75, 3.05) is 12.3 Å². The van der Waals surface area contributed by atoms with Gasteiger partial charge in [0, 0.05) is 6.54 Å². The largest absolute Gasteiger partial charge is 0.492 e.